The number of nitrogens with one attached hydrogen (secondary N) is 1. The Labute approximate surface area is 159 Å². The van der Waals surface area contributed by atoms with Crippen molar-refractivity contribution in [2.45, 2.75) is 57.7 Å². The number of ether oxygens (including phenoxy) is 2. The van der Waals surface area contributed by atoms with Crippen LogP contribution in [0.2, 0.25) is 0 Å². The maximum atomic E-state index is 12.7. The van der Waals surface area contributed by atoms with Gasteiger partial charge in [-0.3, -0.25) is 9.48 Å². The number of para-hydroxylation sites is 1. The summed E-state index contributed by atoms with van der Waals surface area (Å²) in [6.07, 6.45) is 2.93. The van der Waals surface area contributed by atoms with E-state index in [1.54, 1.807) is 0 Å². The minimum absolute atomic E-state index is 0.0268. The van der Waals surface area contributed by atoms with Gasteiger partial charge in [0, 0.05) is 43.5 Å². The van der Waals surface area contributed by atoms with Crippen LogP contribution in [0.15, 0.2) is 30.3 Å². The predicted molar refractivity (Wildman–Crippen MR) is 102 cm³/mol. The number of fused-ring (bicyclic) bond motifs is 1. The summed E-state index contributed by atoms with van der Waals surface area (Å²) in [5, 5.41) is 7.68. The van der Waals surface area contributed by atoms with Crippen molar-refractivity contribution >= 4 is 5.91 Å². The Hall–Kier alpha value is -2.34. The van der Waals surface area contributed by atoms with E-state index in [2.05, 4.69) is 10.4 Å². The molecular formula is C21H27N3O3. The molecule has 2 aliphatic rings. The highest BCUT2D eigenvalue weighted by Gasteiger charge is 2.42. The number of hydrogen-bond acceptors (Lipinski definition) is 4. The van der Waals surface area contributed by atoms with Crippen LogP contribution in [-0.2, 0) is 16.1 Å². The number of nitrogens with zero attached hydrogens (tertiary/aromatic N) is 2. The Balaban J connectivity index is 1.46. The largest absolute Gasteiger partial charge is 0.487 e. The topological polar surface area (TPSA) is 65.4 Å². The summed E-state index contributed by atoms with van der Waals surface area (Å²) < 4.78 is 13.8. The van der Waals surface area contributed by atoms with Crippen molar-refractivity contribution in [2.75, 3.05) is 13.2 Å². The zero-order chi connectivity index (χ0) is 18.9. The molecule has 1 saturated heterocycles. The molecule has 1 spiro atoms. The standard InChI is InChI=1S/C21H27N3O3/c1-15-13-16(2)24(23-15)10-7-20(25)22-18-14-21(8-11-26-12-9-21)27-19-6-4-3-5-17(18)19/h3-6,13,18H,7-12,14H2,1-2H3,(H,22,25). The van der Waals surface area contributed by atoms with E-state index in [4.69, 9.17) is 9.47 Å². The van der Waals surface area contributed by atoms with Crippen molar-refractivity contribution in [1.82, 2.24) is 15.1 Å². The average molecular weight is 369 g/mol. The van der Waals surface area contributed by atoms with Crippen molar-refractivity contribution in [3.05, 3.63) is 47.3 Å². The van der Waals surface area contributed by atoms with Gasteiger partial charge in [-0.15, -0.1) is 0 Å². The van der Waals surface area contributed by atoms with Gasteiger partial charge in [-0.1, -0.05) is 18.2 Å². The van der Waals surface area contributed by atoms with Gasteiger partial charge in [-0.2, -0.15) is 5.10 Å². The van der Waals surface area contributed by atoms with E-state index >= 15 is 0 Å². The molecule has 0 bridgehead atoms. The lowest BCUT2D eigenvalue weighted by molar-refractivity contribution is -0.123. The van der Waals surface area contributed by atoms with Crippen LogP contribution in [0.1, 0.15) is 48.7 Å². The zero-order valence-corrected chi connectivity index (χ0v) is 16.0. The van der Waals surface area contributed by atoms with Crippen LogP contribution in [-0.4, -0.2) is 34.5 Å². The quantitative estimate of drug-likeness (QED) is 0.899. The molecule has 0 saturated carbocycles. The van der Waals surface area contributed by atoms with Crippen LogP contribution in [0, 0.1) is 13.8 Å². The summed E-state index contributed by atoms with van der Waals surface area (Å²) in [5.41, 5.74) is 2.89. The van der Waals surface area contributed by atoms with E-state index in [-0.39, 0.29) is 17.6 Å². The fourth-order valence-corrected chi connectivity index (χ4v) is 4.17. The van der Waals surface area contributed by atoms with Crippen molar-refractivity contribution in [3.8, 4) is 5.75 Å². The third-order valence-corrected chi connectivity index (χ3v) is 5.59. The Morgan fingerprint density at radius 3 is 2.81 bits per heavy atom. The molecule has 2 aromatic rings. The molecule has 4 rings (SSSR count). The van der Waals surface area contributed by atoms with Crippen molar-refractivity contribution in [2.24, 2.45) is 0 Å². The van der Waals surface area contributed by atoms with E-state index in [1.807, 2.05) is 48.9 Å². The first kappa shape index (κ1) is 18.0. The third-order valence-electron chi connectivity index (χ3n) is 5.59. The number of carbonyl (C=O) groups excluding carboxylic acids is 1. The molecular weight excluding hydrogens is 342 g/mol. The zero-order valence-electron chi connectivity index (χ0n) is 16.0. The second-order valence-corrected chi connectivity index (χ2v) is 7.66. The molecule has 27 heavy (non-hydrogen) atoms. The molecule has 6 heteroatoms. The molecule has 6 nitrogen and oxygen atoms in total. The number of amides is 1. The number of benzene rings is 1. The number of hydrogen-bond donors (Lipinski definition) is 1. The van der Waals surface area contributed by atoms with E-state index in [0.29, 0.717) is 26.2 Å². The van der Waals surface area contributed by atoms with Gasteiger partial charge in [-0.25, -0.2) is 0 Å². The van der Waals surface area contributed by atoms with Gasteiger partial charge in [-0.05, 0) is 26.0 Å². The first-order chi connectivity index (χ1) is 13.0. The normalized spacial score (nSPS) is 20.7. The van der Waals surface area contributed by atoms with Gasteiger partial charge in [0.25, 0.3) is 0 Å². The molecule has 3 heterocycles. The molecule has 144 valence electrons. The van der Waals surface area contributed by atoms with Crippen molar-refractivity contribution in [3.63, 3.8) is 0 Å². The molecule has 1 aromatic heterocycles. The van der Waals surface area contributed by atoms with Gasteiger partial charge >= 0.3 is 0 Å². The lowest BCUT2D eigenvalue weighted by Crippen LogP contribution is -2.48. The summed E-state index contributed by atoms with van der Waals surface area (Å²) in [5.74, 6) is 0.931. The molecule has 1 atom stereocenters. The Morgan fingerprint density at radius 1 is 1.30 bits per heavy atom. The molecule has 1 aromatic carbocycles. The predicted octanol–water partition coefficient (Wildman–Crippen LogP) is 3.08. The summed E-state index contributed by atoms with van der Waals surface area (Å²) in [6.45, 7) is 5.99. The van der Waals surface area contributed by atoms with Crippen LogP contribution in [0.3, 0.4) is 0 Å². The third kappa shape index (κ3) is 3.86. The number of carbonyl (C=O) groups is 1. The van der Waals surface area contributed by atoms with E-state index in [1.165, 1.54) is 0 Å². The van der Waals surface area contributed by atoms with Crippen LogP contribution < -0.4 is 10.1 Å². The summed E-state index contributed by atoms with van der Waals surface area (Å²) in [7, 11) is 0. The fourth-order valence-electron chi connectivity index (χ4n) is 4.17. The van der Waals surface area contributed by atoms with Crippen LogP contribution in [0.4, 0.5) is 0 Å². The van der Waals surface area contributed by atoms with Crippen LogP contribution in [0.5, 0.6) is 5.75 Å². The summed E-state index contributed by atoms with van der Waals surface area (Å²) >= 11 is 0. The number of aromatic nitrogens is 2. The van der Waals surface area contributed by atoms with Gasteiger partial charge in [0.05, 0.1) is 24.9 Å². The number of rotatable bonds is 4. The highest BCUT2D eigenvalue weighted by molar-refractivity contribution is 5.76. The lowest BCUT2D eigenvalue weighted by atomic mass is 9.82. The lowest BCUT2D eigenvalue weighted by Gasteiger charge is -2.44. The monoisotopic (exact) mass is 369 g/mol. The molecule has 0 aliphatic carbocycles. The second kappa shape index (κ2) is 7.35. The molecule has 0 radical (unpaired) electrons. The SMILES string of the molecule is Cc1cc(C)n(CCC(=O)NC2CC3(CCOCC3)Oc3ccccc32)n1. The Morgan fingerprint density at radius 2 is 2.07 bits per heavy atom. The molecule has 1 unspecified atom stereocenters. The second-order valence-electron chi connectivity index (χ2n) is 7.66. The van der Waals surface area contributed by atoms with Gasteiger partial charge in [0.2, 0.25) is 5.91 Å². The Kier molecular flexibility index (Phi) is 4.91. The summed E-state index contributed by atoms with van der Waals surface area (Å²) in [6, 6.07) is 10.0. The molecule has 1 amide bonds. The number of aryl methyl sites for hydroxylation is 3. The first-order valence-electron chi connectivity index (χ1n) is 9.71. The van der Waals surface area contributed by atoms with E-state index in [0.717, 1.165) is 42.0 Å². The van der Waals surface area contributed by atoms with Gasteiger partial charge in [0.15, 0.2) is 0 Å². The van der Waals surface area contributed by atoms with Gasteiger partial charge < -0.3 is 14.8 Å². The maximum Gasteiger partial charge on any atom is 0.222 e. The minimum Gasteiger partial charge on any atom is -0.487 e. The van der Waals surface area contributed by atoms with Crippen molar-refractivity contribution < 1.29 is 14.3 Å². The van der Waals surface area contributed by atoms with E-state index in [9.17, 15) is 4.79 Å². The molecule has 1 N–H and O–H groups in total. The Bertz CT molecular complexity index is 824. The minimum atomic E-state index is -0.236. The molecule has 2 aliphatic heterocycles. The highest BCUT2D eigenvalue weighted by Crippen LogP contribution is 2.43. The maximum absolute atomic E-state index is 12.7. The smallest absolute Gasteiger partial charge is 0.222 e. The van der Waals surface area contributed by atoms with Gasteiger partial charge in [0.1, 0.15) is 11.4 Å². The average Bonchev–Trinajstić information content (AvgIpc) is 2.98. The fraction of sp³-hybridized carbons (Fsp3) is 0.524. The highest BCUT2D eigenvalue weighted by atomic mass is 16.5. The van der Waals surface area contributed by atoms with E-state index < -0.39 is 0 Å². The molecule has 1 fully saturated rings. The van der Waals surface area contributed by atoms with Crippen LogP contribution in [0.25, 0.3) is 0 Å². The summed E-state index contributed by atoms with van der Waals surface area (Å²) in [4.78, 5) is 12.7. The first-order valence-corrected chi connectivity index (χ1v) is 9.71. The van der Waals surface area contributed by atoms with Crippen LogP contribution >= 0.6 is 0 Å². The van der Waals surface area contributed by atoms with Crippen molar-refractivity contribution in [1.29, 1.82) is 0 Å².